The highest BCUT2D eigenvalue weighted by Gasteiger charge is 2.30. The second kappa shape index (κ2) is 11.1. The van der Waals surface area contributed by atoms with E-state index >= 15 is 0 Å². The highest BCUT2D eigenvalue weighted by molar-refractivity contribution is 5.82. The molecule has 1 aliphatic carbocycles. The lowest BCUT2D eigenvalue weighted by atomic mass is 9.78. The molecule has 1 aromatic heterocycles. The molecule has 6 nitrogen and oxygen atoms in total. The predicted octanol–water partition coefficient (Wildman–Crippen LogP) is 5.57. The van der Waals surface area contributed by atoms with Gasteiger partial charge in [0.1, 0.15) is 6.61 Å². The van der Waals surface area contributed by atoms with E-state index in [9.17, 15) is 22.8 Å². The van der Waals surface area contributed by atoms with Crippen molar-refractivity contribution in [3.05, 3.63) is 76.1 Å². The average Bonchev–Trinajstić information content (AvgIpc) is 2.86. The molecule has 2 aromatic carbocycles. The molecule has 9 heteroatoms. The van der Waals surface area contributed by atoms with Crippen LogP contribution in [0.25, 0.3) is 22.4 Å². The van der Waals surface area contributed by atoms with E-state index in [2.05, 4.69) is 10.2 Å². The van der Waals surface area contributed by atoms with Crippen LogP contribution in [0.4, 0.5) is 13.2 Å². The Bertz CT molecular complexity index is 1230. The van der Waals surface area contributed by atoms with Crippen molar-refractivity contribution in [1.82, 2.24) is 10.2 Å². The summed E-state index contributed by atoms with van der Waals surface area (Å²) in [5, 5.41) is 15.5. The van der Waals surface area contributed by atoms with Crippen LogP contribution in [0.5, 0.6) is 0 Å². The number of hydrogen-bond donors (Lipinski definition) is 2. The molecule has 190 valence electrons. The fourth-order valence-corrected chi connectivity index (χ4v) is 4.83. The third-order valence-corrected chi connectivity index (χ3v) is 6.67. The molecule has 1 fully saturated rings. The summed E-state index contributed by atoms with van der Waals surface area (Å²) in [5.41, 5.74) is 1.83. The summed E-state index contributed by atoms with van der Waals surface area (Å²) in [6.45, 7) is 0.0989. The number of benzene rings is 2. The number of aromatic amines is 1. The highest BCUT2D eigenvalue weighted by Crippen LogP contribution is 2.37. The average molecular weight is 501 g/mol. The Morgan fingerprint density at radius 1 is 0.972 bits per heavy atom. The van der Waals surface area contributed by atoms with Crippen LogP contribution >= 0.6 is 0 Å². The van der Waals surface area contributed by atoms with Gasteiger partial charge in [0.2, 0.25) is 0 Å². The minimum absolute atomic E-state index is 0.243. The fourth-order valence-electron chi connectivity index (χ4n) is 4.83. The first-order chi connectivity index (χ1) is 17.2. The number of rotatable bonds is 8. The van der Waals surface area contributed by atoms with Crippen LogP contribution in [0, 0.1) is 11.8 Å². The largest absolute Gasteiger partial charge is 0.480 e. The van der Waals surface area contributed by atoms with E-state index in [-0.39, 0.29) is 24.0 Å². The lowest BCUT2D eigenvalue weighted by Gasteiger charge is -2.28. The molecule has 0 aliphatic heterocycles. The van der Waals surface area contributed by atoms with Crippen LogP contribution in [0.2, 0.25) is 0 Å². The molecule has 1 saturated carbocycles. The first-order valence-electron chi connectivity index (χ1n) is 11.9. The van der Waals surface area contributed by atoms with Gasteiger partial charge < -0.3 is 9.84 Å². The standard InChI is InChI=1S/C27H27F3N2O4/c28-27(29,30)21-12-10-20(11-13-21)25-24(19-4-2-1-3-5-19)22(26(35)32-31-25)14-17-6-8-18(9-7-17)15-36-16-23(33)34/h1-5,10-13,17-18H,6-9,14-16H2,(H,32,35)(H,33,34). The quantitative estimate of drug-likeness (QED) is 0.422. The molecule has 36 heavy (non-hydrogen) atoms. The number of ether oxygens (including phenoxy) is 1. The summed E-state index contributed by atoms with van der Waals surface area (Å²) in [5.74, 6) is -0.461. The van der Waals surface area contributed by atoms with E-state index in [1.165, 1.54) is 12.1 Å². The second-order valence-corrected chi connectivity index (χ2v) is 9.20. The molecular formula is C27H27F3N2O4. The van der Waals surface area contributed by atoms with Crippen molar-refractivity contribution in [2.45, 2.75) is 38.3 Å². The van der Waals surface area contributed by atoms with E-state index in [0.717, 1.165) is 43.4 Å². The monoisotopic (exact) mass is 500 g/mol. The van der Waals surface area contributed by atoms with Gasteiger partial charge in [0.05, 0.1) is 17.9 Å². The maximum absolute atomic E-state index is 13.1. The van der Waals surface area contributed by atoms with Crippen molar-refractivity contribution in [2.75, 3.05) is 13.2 Å². The molecule has 0 atom stereocenters. The predicted molar refractivity (Wildman–Crippen MR) is 128 cm³/mol. The van der Waals surface area contributed by atoms with Crippen LogP contribution in [-0.2, 0) is 22.1 Å². The van der Waals surface area contributed by atoms with Gasteiger partial charge in [-0.15, -0.1) is 0 Å². The summed E-state index contributed by atoms with van der Waals surface area (Å²) < 4.78 is 44.5. The molecule has 0 spiro atoms. The maximum Gasteiger partial charge on any atom is 0.416 e. The number of H-pyrrole nitrogens is 1. The zero-order valence-corrected chi connectivity index (χ0v) is 19.6. The number of hydrogen-bond acceptors (Lipinski definition) is 4. The van der Waals surface area contributed by atoms with Crippen LogP contribution in [0.1, 0.15) is 36.8 Å². The van der Waals surface area contributed by atoms with E-state index in [0.29, 0.717) is 35.4 Å². The lowest BCUT2D eigenvalue weighted by molar-refractivity contribution is -0.143. The Labute approximate surface area is 206 Å². The molecule has 4 rings (SSSR count). The van der Waals surface area contributed by atoms with E-state index in [4.69, 9.17) is 9.84 Å². The third kappa shape index (κ3) is 6.20. The molecule has 0 unspecified atom stereocenters. The Balaban J connectivity index is 1.62. The number of nitrogens with zero attached hydrogens (tertiary/aromatic N) is 1. The molecule has 0 bridgehead atoms. The molecule has 2 N–H and O–H groups in total. The second-order valence-electron chi connectivity index (χ2n) is 9.20. The summed E-state index contributed by atoms with van der Waals surface area (Å²) in [6, 6.07) is 14.1. The first kappa shape index (κ1) is 25.6. The summed E-state index contributed by atoms with van der Waals surface area (Å²) >= 11 is 0. The normalized spacial score (nSPS) is 18.2. The number of carboxylic acids is 1. The molecule has 1 aliphatic rings. The molecule has 0 radical (unpaired) electrons. The number of aliphatic carboxylic acids is 1. The number of carboxylic acid groups (broad SMARTS) is 1. The fraction of sp³-hybridized carbons (Fsp3) is 0.370. The Morgan fingerprint density at radius 3 is 2.22 bits per heavy atom. The van der Waals surface area contributed by atoms with Gasteiger partial charge in [0.15, 0.2) is 0 Å². The van der Waals surface area contributed by atoms with Crippen LogP contribution in [0.3, 0.4) is 0 Å². The van der Waals surface area contributed by atoms with Gasteiger partial charge in [-0.2, -0.15) is 18.3 Å². The molecule has 0 saturated heterocycles. The van der Waals surface area contributed by atoms with Gasteiger partial charge in [-0.25, -0.2) is 9.89 Å². The van der Waals surface area contributed by atoms with Crippen molar-refractivity contribution in [2.24, 2.45) is 11.8 Å². The van der Waals surface area contributed by atoms with Gasteiger partial charge in [0, 0.05) is 16.7 Å². The van der Waals surface area contributed by atoms with Gasteiger partial charge >= 0.3 is 12.1 Å². The van der Waals surface area contributed by atoms with E-state index in [1.54, 1.807) is 0 Å². The SMILES string of the molecule is O=C(O)COCC1CCC(Cc2c(-c3ccccc3)c(-c3ccc(C(F)(F)F)cc3)n[nH]c2=O)CC1. The minimum atomic E-state index is -4.44. The number of alkyl halides is 3. The Kier molecular flexibility index (Phi) is 7.88. The minimum Gasteiger partial charge on any atom is -0.480 e. The number of carbonyl (C=O) groups is 1. The smallest absolute Gasteiger partial charge is 0.416 e. The van der Waals surface area contributed by atoms with E-state index in [1.807, 2.05) is 30.3 Å². The zero-order chi connectivity index (χ0) is 25.7. The number of aromatic nitrogens is 2. The Hall–Kier alpha value is -3.46. The van der Waals surface area contributed by atoms with Gasteiger partial charge in [0.25, 0.3) is 5.56 Å². The first-order valence-corrected chi connectivity index (χ1v) is 11.9. The van der Waals surface area contributed by atoms with E-state index < -0.39 is 17.7 Å². The highest BCUT2D eigenvalue weighted by atomic mass is 19.4. The van der Waals surface area contributed by atoms with Crippen molar-refractivity contribution < 1.29 is 27.8 Å². The van der Waals surface area contributed by atoms with Crippen molar-refractivity contribution in [3.8, 4) is 22.4 Å². The van der Waals surface area contributed by atoms with Crippen LogP contribution < -0.4 is 5.56 Å². The third-order valence-electron chi connectivity index (χ3n) is 6.67. The van der Waals surface area contributed by atoms with Crippen molar-refractivity contribution >= 4 is 5.97 Å². The maximum atomic E-state index is 13.1. The number of halogens is 3. The van der Waals surface area contributed by atoms with Gasteiger partial charge in [-0.3, -0.25) is 4.79 Å². The Morgan fingerprint density at radius 2 is 1.61 bits per heavy atom. The topological polar surface area (TPSA) is 92.3 Å². The lowest BCUT2D eigenvalue weighted by Crippen LogP contribution is -2.25. The van der Waals surface area contributed by atoms with Crippen molar-refractivity contribution in [1.29, 1.82) is 0 Å². The van der Waals surface area contributed by atoms with Gasteiger partial charge in [-0.1, -0.05) is 42.5 Å². The summed E-state index contributed by atoms with van der Waals surface area (Å²) in [6.07, 6.45) is -0.445. The molecule has 1 heterocycles. The summed E-state index contributed by atoms with van der Waals surface area (Å²) in [4.78, 5) is 23.6. The van der Waals surface area contributed by atoms with Crippen molar-refractivity contribution in [3.63, 3.8) is 0 Å². The molecule has 3 aromatic rings. The van der Waals surface area contributed by atoms with Crippen LogP contribution in [0.15, 0.2) is 59.4 Å². The van der Waals surface area contributed by atoms with Crippen LogP contribution in [-0.4, -0.2) is 34.5 Å². The zero-order valence-electron chi connectivity index (χ0n) is 19.6. The summed E-state index contributed by atoms with van der Waals surface area (Å²) in [7, 11) is 0. The molecule has 0 amide bonds. The van der Waals surface area contributed by atoms with Gasteiger partial charge in [-0.05, 0) is 61.6 Å². The number of nitrogens with one attached hydrogen (secondary N) is 1. The molecular weight excluding hydrogens is 473 g/mol.